The Kier molecular flexibility index (Phi) is 6.72. The molecule has 0 fully saturated rings. The normalized spacial score (nSPS) is 15.0. The smallest absolute Gasteiger partial charge is 0.0363 e. The van der Waals surface area contributed by atoms with Crippen molar-refractivity contribution in [2.24, 2.45) is 0 Å². The van der Waals surface area contributed by atoms with Crippen molar-refractivity contribution in [1.82, 2.24) is 4.67 Å². The summed E-state index contributed by atoms with van der Waals surface area (Å²) >= 11 is 0. The average Bonchev–Trinajstić information content (AvgIpc) is 3.19. The van der Waals surface area contributed by atoms with Gasteiger partial charge in [-0.1, -0.05) is 133 Å². The highest BCUT2D eigenvalue weighted by molar-refractivity contribution is 7.53. The molecule has 0 saturated carbocycles. The van der Waals surface area contributed by atoms with E-state index in [1.54, 1.807) is 0 Å². The first-order valence-electron chi connectivity index (χ1n) is 14.3. The minimum atomic E-state index is -0.538. The summed E-state index contributed by atoms with van der Waals surface area (Å²) in [6.45, 7) is 4.81. The summed E-state index contributed by atoms with van der Waals surface area (Å²) in [6.07, 6.45) is 2.15. The fourth-order valence-electron chi connectivity index (χ4n) is 6.69. The first-order valence-corrected chi connectivity index (χ1v) is 16.0. The molecule has 2 heteroatoms. The Bertz CT molecular complexity index is 1660. The van der Waals surface area contributed by atoms with Gasteiger partial charge in [0.05, 0.1) is 0 Å². The van der Waals surface area contributed by atoms with Crippen LogP contribution in [-0.2, 0) is 12.3 Å². The lowest BCUT2D eigenvalue weighted by Gasteiger charge is -2.41. The minimum absolute atomic E-state index is 0.299. The summed E-state index contributed by atoms with van der Waals surface area (Å²) in [5, 5.41) is 5.37. The van der Waals surface area contributed by atoms with Gasteiger partial charge in [-0.3, -0.25) is 4.67 Å². The Balaban J connectivity index is 1.45. The maximum atomic E-state index is 2.85. The SMILES string of the molecule is C[C@@H](c1ccccc1)N([C@@H](C)c1ccccc1)P1Cc2ccc3ccccc3c2-c2c(ccc3ccccc23)C1. The summed E-state index contributed by atoms with van der Waals surface area (Å²) in [4.78, 5) is 0. The van der Waals surface area contributed by atoms with Crippen molar-refractivity contribution >= 4 is 29.6 Å². The molecule has 0 aliphatic carbocycles. The monoisotopic (exact) mass is 535 g/mol. The van der Waals surface area contributed by atoms with E-state index in [-0.39, 0.29) is 0 Å². The Morgan fingerprint density at radius 1 is 0.475 bits per heavy atom. The highest BCUT2D eigenvalue weighted by Crippen LogP contribution is 2.59. The summed E-state index contributed by atoms with van der Waals surface area (Å²) in [6, 6.07) is 50.2. The molecule has 1 nitrogen and oxygen atoms in total. The van der Waals surface area contributed by atoms with E-state index in [0.29, 0.717) is 12.1 Å². The standard InChI is InChI=1S/C38H34NP/c1-27(29-13-5-3-6-14-29)39(28(2)30-15-7-4-8-16-30)40-25-33-23-21-31-17-9-11-19-35(31)37(33)38-34(26-40)24-22-32-18-10-12-20-36(32)38/h3-24,27-28H,25-26H2,1-2H3/t27-,28-/m0/s1. The number of hydrogen-bond donors (Lipinski definition) is 0. The molecular weight excluding hydrogens is 501 g/mol. The number of benzene rings is 6. The van der Waals surface area contributed by atoms with Gasteiger partial charge in [-0.25, -0.2) is 0 Å². The van der Waals surface area contributed by atoms with Crippen LogP contribution in [0.1, 0.15) is 48.2 Å². The van der Waals surface area contributed by atoms with Gasteiger partial charge in [0.15, 0.2) is 0 Å². The zero-order valence-corrected chi connectivity index (χ0v) is 24.1. The second-order valence-electron chi connectivity index (χ2n) is 11.0. The molecule has 6 aromatic rings. The number of nitrogens with zero attached hydrogens (tertiary/aromatic N) is 1. The number of rotatable bonds is 5. The van der Waals surface area contributed by atoms with Crippen LogP contribution in [0.4, 0.5) is 0 Å². The van der Waals surface area contributed by atoms with Crippen molar-refractivity contribution in [3.8, 4) is 11.1 Å². The second kappa shape index (κ2) is 10.7. The van der Waals surface area contributed by atoms with Crippen LogP contribution < -0.4 is 0 Å². The van der Waals surface area contributed by atoms with E-state index in [0.717, 1.165) is 12.3 Å². The summed E-state index contributed by atoms with van der Waals surface area (Å²) in [5.74, 6) is 0. The lowest BCUT2D eigenvalue weighted by Crippen LogP contribution is -2.26. The largest absolute Gasteiger partial charge is 0.267 e. The Labute approximate surface area is 238 Å². The maximum Gasteiger partial charge on any atom is 0.0363 e. The molecule has 40 heavy (non-hydrogen) atoms. The zero-order chi connectivity index (χ0) is 27.1. The highest BCUT2D eigenvalue weighted by Gasteiger charge is 2.33. The van der Waals surface area contributed by atoms with E-state index in [4.69, 9.17) is 0 Å². The molecule has 1 aliphatic rings. The van der Waals surface area contributed by atoms with E-state index in [1.165, 1.54) is 54.9 Å². The molecule has 0 N–H and O–H groups in total. The molecule has 0 unspecified atom stereocenters. The molecule has 0 radical (unpaired) electrons. The fourth-order valence-corrected chi connectivity index (χ4v) is 9.69. The minimum Gasteiger partial charge on any atom is -0.267 e. The molecule has 0 amide bonds. The van der Waals surface area contributed by atoms with E-state index >= 15 is 0 Å². The van der Waals surface area contributed by atoms with Crippen molar-refractivity contribution in [2.75, 3.05) is 0 Å². The van der Waals surface area contributed by atoms with Crippen LogP contribution in [0.15, 0.2) is 133 Å². The molecule has 1 aliphatic heterocycles. The predicted molar refractivity (Wildman–Crippen MR) is 173 cm³/mol. The molecule has 2 atom stereocenters. The molecule has 0 saturated heterocycles. The maximum absolute atomic E-state index is 2.85. The molecule has 196 valence electrons. The molecule has 0 spiro atoms. The summed E-state index contributed by atoms with van der Waals surface area (Å²) in [7, 11) is -0.538. The summed E-state index contributed by atoms with van der Waals surface area (Å²) in [5.41, 5.74) is 8.60. The molecule has 1 heterocycles. The van der Waals surface area contributed by atoms with Crippen LogP contribution in [0, 0.1) is 0 Å². The number of fused-ring (bicyclic) bond motifs is 7. The van der Waals surface area contributed by atoms with Gasteiger partial charge in [0.1, 0.15) is 0 Å². The van der Waals surface area contributed by atoms with Gasteiger partial charge in [0, 0.05) is 24.4 Å². The third-order valence-electron chi connectivity index (χ3n) is 8.67. The van der Waals surface area contributed by atoms with Gasteiger partial charge in [-0.2, -0.15) is 0 Å². The van der Waals surface area contributed by atoms with Crippen molar-refractivity contribution in [2.45, 2.75) is 38.3 Å². The topological polar surface area (TPSA) is 3.24 Å². The van der Waals surface area contributed by atoms with E-state index in [1.807, 2.05) is 0 Å². The van der Waals surface area contributed by atoms with Gasteiger partial charge in [-0.05, 0) is 76.8 Å². The first kappa shape index (κ1) is 25.2. The third kappa shape index (κ3) is 4.44. The van der Waals surface area contributed by atoms with Gasteiger partial charge in [0.2, 0.25) is 0 Å². The average molecular weight is 536 g/mol. The molecule has 0 aromatic heterocycles. The van der Waals surface area contributed by atoms with Gasteiger partial charge in [0.25, 0.3) is 0 Å². The zero-order valence-electron chi connectivity index (χ0n) is 23.2. The second-order valence-corrected chi connectivity index (χ2v) is 13.1. The van der Waals surface area contributed by atoms with E-state index < -0.39 is 8.07 Å². The van der Waals surface area contributed by atoms with Crippen LogP contribution >= 0.6 is 8.07 Å². The molecule has 6 aromatic carbocycles. The van der Waals surface area contributed by atoms with Crippen LogP contribution in [0.2, 0.25) is 0 Å². The van der Waals surface area contributed by atoms with Crippen molar-refractivity contribution in [1.29, 1.82) is 0 Å². The molecule has 0 bridgehead atoms. The molecular formula is C38H34NP. The Hall–Kier alpha value is -3.77. The fraction of sp³-hybridized carbons (Fsp3) is 0.158. The molecule has 7 rings (SSSR count). The number of hydrogen-bond acceptors (Lipinski definition) is 1. The van der Waals surface area contributed by atoms with Crippen molar-refractivity contribution < 1.29 is 0 Å². The van der Waals surface area contributed by atoms with Crippen LogP contribution in [0.25, 0.3) is 32.7 Å². The highest BCUT2D eigenvalue weighted by atomic mass is 31.1. The Morgan fingerprint density at radius 2 is 0.875 bits per heavy atom. The summed E-state index contributed by atoms with van der Waals surface area (Å²) < 4.78 is 2.85. The van der Waals surface area contributed by atoms with Crippen LogP contribution in [0.5, 0.6) is 0 Å². The van der Waals surface area contributed by atoms with Crippen LogP contribution in [-0.4, -0.2) is 4.67 Å². The van der Waals surface area contributed by atoms with Crippen LogP contribution in [0.3, 0.4) is 0 Å². The quantitative estimate of drug-likeness (QED) is 0.198. The lowest BCUT2D eigenvalue weighted by atomic mass is 9.88. The van der Waals surface area contributed by atoms with Gasteiger partial charge in [-0.15, -0.1) is 0 Å². The predicted octanol–water partition coefficient (Wildman–Crippen LogP) is 10.9. The lowest BCUT2D eigenvalue weighted by molar-refractivity contribution is 0.297. The van der Waals surface area contributed by atoms with E-state index in [2.05, 4.69) is 152 Å². The third-order valence-corrected chi connectivity index (χ3v) is 11.4. The first-order chi connectivity index (χ1) is 19.7. The van der Waals surface area contributed by atoms with Gasteiger partial charge < -0.3 is 0 Å². The van der Waals surface area contributed by atoms with Gasteiger partial charge >= 0.3 is 0 Å². The van der Waals surface area contributed by atoms with Crippen molar-refractivity contribution in [3.05, 3.63) is 156 Å². The van der Waals surface area contributed by atoms with E-state index in [9.17, 15) is 0 Å². The van der Waals surface area contributed by atoms with Crippen molar-refractivity contribution in [3.63, 3.8) is 0 Å². The Morgan fingerprint density at radius 3 is 1.32 bits per heavy atom.